The van der Waals surface area contributed by atoms with Crippen molar-refractivity contribution in [1.29, 1.82) is 0 Å². The predicted octanol–water partition coefficient (Wildman–Crippen LogP) is 5.25. The van der Waals surface area contributed by atoms with Crippen LogP contribution in [0.25, 0.3) is 0 Å². The molecule has 0 saturated heterocycles. The van der Waals surface area contributed by atoms with Gasteiger partial charge in [0.2, 0.25) is 0 Å². The average Bonchev–Trinajstić information content (AvgIpc) is 2.66. The van der Waals surface area contributed by atoms with Crippen LogP contribution in [0, 0.1) is 0 Å². The monoisotopic (exact) mass is 362 g/mol. The first-order valence-corrected chi connectivity index (χ1v) is 9.71. The number of rotatable bonds is 15. The Morgan fingerprint density at radius 2 is 1.62 bits per heavy atom. The normalized spacial score (nSPS) is 10.4. The molecule has 1 radical (unpaired) electrons. The fourth-order valence-electron chi connectivity index (χ4n) is 2.83. The number of benzene rings is 1. The lowest BCUT2D eigenvalue weighted by atomic mass is 10.1. The molecule has 0 atom stereocenters. The highest BCUT2D eigenvalue weighted by atomic mass is 16.5. The Balaban J connectivity index is 2.17. The first-order valence-electron chi connectivity index (χ1n) is 9.71. The van der Waals surface area contributed by atoms with Gasteiger partial charge in [-0.3, -0.25) is 4.79 Å². The van der Waals surface area contributed by atoms with Crippen molar-refractivity contribution in [2.45, 2.75) is 71.1 Å². The highest BCUT2D eigenvalue weighted by Gasteiger charge is 2.11. The van der Waals surface area contributed by atoms with Gasteiger partial charge >= 0.3 is 12.4 Å². The molecule has 145 valence electrons. The lowest BCUT2D eigenvalue weighted by Crippen LogP contribution is -2.08. The molecule has 0 aliphatic heterocycles. The second-order valence-electron chi connectivity index (χ2n) is 6.46. The van der Waals surface area contributed by atoms with Gasteiger partial charge in [0.05, 0.1) is 25.0 Å². The van der Waals surface area contributed by atoms with Crippen LogP contribution >= 0.6 is 0 Å². The number of ether oxygens (including phenoxy) is 2. The summed E-state index contributed by atoms with van der Waals surface area (Å²) in [5.74, 6) is 0.0807. The molecule has 0 unspecified atom stereocenters. The Bertz CT molecular complexity index is 531. The lowest BCUT2D eigenvalue weighted by Gasteiger charge is -2.09. The maximum Gasteiger partial charge on any atom is 0.338 e. The summed E-state index contributed by atoms with van der Waals surface area (Å²) in [7, 11) is 1.49. The number of carbonyl (C=O) groups excluding carboxylic acids is 2. The predicted molar refractivity (Wildman–Crippen MR) is 104 cm³/mol. The van der Waals surface area contributed by atoms with Gasteiger partial charge in [0.1, 0.15) is 5.75 Å². The van der Waals surface area contributed by atoms with E-state index in [9.17, 15) is 9.59 Å². The second-order valence-corrected chi connectivity index (χ2v) is 6.46. The van der Waals surface area contributed by atoms with Gasteiger partial charge < -0.3 is 14.8 Å². The smallest absolute Gasteiger partial charge is 0.338 e. The van der Waals surface area contributed by atoms with Crippen molar-refractivity contribution in [3.63, 3.8) is 0 Å². The molecule has 0 aliphatic carbocycles. The van der Waals surface area contributed by atoms with Crippen LogP contribution in [0.5, 0.6) is 5.75 Å². The van der Waals surface area contributed by atoms with E-state index in [2.05, 4.69) is 12.2 Å². The molecule has 1 amide bonds. The van der Waals surface area contributed by atoms with E-state index in [4.69, 9.17) is 9.47 Å². The molecule has 0 saturated carbocycles. The number of hydrogen-bond acceptors (Lipinski definition) is 4. The van der Waals surface area contributed by atoms with E-state index < -0.39 is 5.97 Å². The van der Waals surface area contributed by atoms with Gasteiger partial charge in [-0.1, -0.05) is 64.7 Å². The van der Waals surface area contributed by atoms with E-state index in [1.54, 1.807) is 18.5 Å². The number of carbonyl (C=O) groups is 1. The van der Waals surface area contributed by atoms with Crippen LogP contribution in [0.2, 0.25) is 0 Å². The van der Waals surface area contributed by atoms with Crippen molar-refractivity contribution in [2.75, 3.05) is 19.0 Å². The third-order valence-electron chi connectivity index (χ3n) is 4.35. The summed E-state index contributed by atoms with van der Waals surface area (Å²) in [6, 6.07) is 4.77. The van der Waals surface area contributed by atoms with E-state index in [0.29, 0.717) is 23.6 Å². The van der Waals surface area contributed by atoms with Crippen molar-refractivity contribution in [1.82, 2.24) is 0 Å². The fourth-order valence-corrected chi connectivity index (χ4v) is 2.83. The molecule has 0 aliphatic rings. The topological polar surface area (TPSA) is 64.6 Å². The van der Waals surface area contributed by atoms with Crippen LogP contribution in [0.1, 0.15) is 81.5 Å². The number of amides is 1. The number of esters is 1. The Kier molecular flexibility index (Phi) is 12.0. The molecule has 0 spiro atoms. The first-order chi connectivity index (χ1) is 12.7. The molecule has 5 heteroatoms. The number of nitrogens with one attached hydrogen (secondary N) is 1. The quantitative estimate of drug-likeness (QED) is 0.263. The van der Waals surface area contributed by atoms with Gasteiger partial charge in [-0.15, -0.1) is 0 Å². The zero-order valence-corrected chi connectivity index (χ0v) is 16.1. The molecule has 1 rings (SSSR count). The number of anilines is 1. The Hall–Kier alpha value is -2.04. The Labute approximate surface area is 157 Å². The summed E-state index contributed by atoms with van der Waals surface area (Å²) in [6.45, 7) is 2.66. The summed E-state index contributed by atoms with van der Waals surface area (Å²) in [6.07, 6.45) is 14.0. The van der Waals surface area contributed by atoms with Crippen LogP contribution in [-0.4, -0.2) is 26.1 Å². The average molecular weight is 362 g/mol. The van der Waals surface area contributed by atoms with Gasteiger partial charge in [0, 0.05) is 0 Å². The standard InChI is InChI=1S/C21H32NO4/c1-3-4-5-6-7-8-9-10-11-12-15-26-21(24)18-13-14-20(25-2)19(16-18)22-17-23/h13-14,16H,3-12,15H2,1-2H3,(H,22,23). The number of unbranched alkanes of at least 4 members (excludes halogenated alkanes) is 9. The first kappa shape index (κ1) is 22.0. The van der Waals surface area contributed by atoms with Crippen molar-refractivity contribution < 1.29 is 19.1 Å². The number of hydrogen-bond donors (Lipinski definition) is 1. The zero-order chi connectivity index (χ0) is 19.0. The van der Waals surface area contributed by atoms with E-state index in [-0.39, 0.29) is 0 Å². The second kappa shape index (κ2) is 14.2. The molecule has 1 aromatic carbocycles. The zero-order valence-electron chi connectivity index (χ0n) is 16.1. The van der Waals surface area contributed by atoms with Crippen LogP contribution in [0.4, 0.5) is 5.69 Å². The summed E-state index contributed by atoms with van der Waals surface area (Å²) < 4.78 is 10.4. The molecular formula is C21H32NO4. The minimum atomic E-state index is -0.391. The van der Waals surface area contributed by atoms with Crippen molar-refractivity contribution in [2.24, 2.45) is 0 Å². The van der Waals surface area contributed by atoms with Gasteiger partial charge in [-0.2, -0.15) is 0 Å². The van der Waals surface area contributed by atoms with Crippen LogP contribution in [0.3, 0.4) is 0 Å². The Morgan fingerprint density at radius 3 is 2.19 bits per heavy atom. The van der Waals surface area contributed by atoms with Gasteiger partial charge in [-0.05, 0) is 24.6 Å². The third-order valence-corrected chi connectivity index (χ3v) is 4.35. The molecule has 1 aromatic rings. The van der Waals surface area contributed by atoms with Gasteiger partial charge in [0.25, 0.3) is 0 Å². The summed E-state index contributed by atoms with van der Waals surface area (Å²) in [5, 5.41) is 2.40. The summed E-state index contributed by atoms with van der Waals surface area (Å²) >= 11 is 0. The number of methoxy groups -OCH3 is 1. The Morgan fingerprint density at radius 1 is 1.00 bits per heavy atom. The largest absolute Gasteiger partial charge is 0.495 e. The van der Waals surface area contributed by atoms with Gasteiger partial charge in [-0.25, -0.2) is 4.79 Å². The van der Waals surface area contributed by atoms with Crippen LogP contribution in [0.15, 0.2) is 18.2 Å². The van der Waals surface area contributed by atoms with Crippen molar-refractivity contribution in [3.05, 3.63) is 23.8 Å². The fraction of sp³-hybridized carbons (Fsp3) is 0.619. The van der Waals surface area contributed by atoms with E-state index in [1.165, 1.54) is 64.5 Å². The summed E-state index contributed by atoms with van der Waals surface area (Å²) in [4.78, 5) is 22.6. The molecule has 26 heavy (non-hydrogen) atoms. The van der Waals surface area contributed by atoms with E-state index >= 15 is 0 Å². The minimum absolute atomic E-state index is 0.385. The van der Waals surface area contributed by atoms with Crippen molar-refractivity contribution >= 4 is 18.1 Å². The molecule has 0 aromatic heterocycles. The van der Waals surface area contributed by atoms with E-state index in [1.807, 2.05) is 0 Å². The maximum absolute atomic E-state index is 12.1. The molecule has 5 nitrogen and oxygen atoms in total. The molecule has 1 N–H and O–H groups in total. The molecule has 0 bridgehead atoms. The third kappa shape index (κ3) is 8.88. The summed E-state index contributed by atoms with van der Waals surface area (Å²) in [5.41, 5.74) is 0.784. The van der Waals surface area contributed by atoms with Gasteiger partial charge in [0.15, 0.2) is 0 Å². The molecular weight excluding hydrogens is 330 g/mol. The highest BCUT2D eigenvalue weighted by Crippen LogP contribution is 2.25. The minimum Gasteiger partial charge on any atom is -0.495 e. The van der Waals surface area contributed by atoms with E-state index in [0.717, 1.165) is 12.8 Å². The highest BCUT2D eigenvalue weighted by molar-refractivity contribution is 5.92. The van der Waals surface area contributed by atoms with Crippen molar-refractivity contribution in [3.8, 4) is 5.75 Å². The molecule has 0 heterocycles. The molecule has 0 fully saturated rings. The van der Waals surface area contributed by atoms with Crippen LogP contribution < -0.4 is 10.1 Å². The lowest BCUT2D eigenvalue weighted by molar-refractivity contribution is 0.0497. The SMILES string of the molecule is CCCCCCCCCCCCOC(=O)c1ccc(OC)c(N[C]=O)c1. The van der Waals surface area contributed by atoms with Crippen LogP contribution in [-0.2, 0) is 9.53 Å². The maximum atomic E-state index is 12.1.